The van der Waals surface area contributed by atoms with Crippen LogP contribution in [0.2, 0.25) is 6.04 Å². The standard InChI is InChI=1S/C12H21NO3Si/c1-14-17(15-2,10-6-9-13)16-11-12-7-4-3-5-8-12/h3-5,7-8H,6,9-11,13H2,1-2H3. The SMILES string of the molecule is CO[Si](CCCN)(OC)OCc1ccccc1. The van der Waals surface area contributed by atoms with Gasteiger partial charge in [-0.15, -0.1) is 0 Å². The van der Waals surface area contributed by atoms with Crippen LogP contribution < -0.4 is 5.73 Å². The van der Waals surface area contributed by atoms with E-state index in [0.717, 1.165) is 18.0 Å². The molecular weight excluding hydrogens is 234 g/mol. The molecule has 0 atom stereocenters. The van der Waals surface area contributed by atoms with E-state index >= 15 is 0 Å². The first kappa shape index (κ1) is 14.3. The fraction of sp³-hybridized carbons (Fsp3) is 0.500. The largest absolute Gasteiger partial charge is 0.500 e. The summed E-state index contributed by atoms with van der Waals surface area (Å²) < 4.78 is 16.8. The van der Waals surface area contributed by atoms with Crippen molar-refractivity contribution < 1.29 is 13.3 Å². The molecule has 0 aromatic heterocycles. The Balaban J connectivity index is 2.54. The molecule has 5 heteroatoms. The Morgan fingerprint density at radius 3 is 2.29 bits per heavy atom. The van der Waals surface area contributed by atoms with Crippen molar-refractivity contribution in [2.45, 2.75) is 19.1 Å². The van der Waals surface area contributed by atoms with Crippen LogP contribution in [0, 0.1) is 0 Å². The molecule has 0 spiro atoms. The fourth-order valence-electron chi connectivity index (χ4n) is 1.56. The zero-order valence-electron chi connectivity index (χ0n) is 10.5. The molecule has 96 valence electrons. The molecule has 0 heterocycles. The van der Waals surface area contributed by atoms with Crippen LogP contribution in [-0.4, -0.2) is 29.6 Å². The lowest BCUT2D eigenvalue weighted by molar-refractivity contribution is 0.0909. The number of nitrogens with two attached hydrogens (primary N) is 1. The summed E-state index contributed by atoms with van der Waals surface area (Å²) in [7, 11) is 0.745. The molecule has 0 fully saturated rings. The van der Waals surface area contributed by atoms with Crippen LogP contribution in [0.1, 0.15) is 12.0 Å². The number of hydrogen-bond donors (Lipinski definition) is 1. The van der Waals surface area contributed by atoms with E-state index < -0.39 is 8.80 Å². The van der Waals surface area contributed by atoms with E-state index in [1.807, 2.05) is 30.3 Å². The number of rotatable bonds is 8. The predicted molar refractivity (Wildman–Crippen MR) is 69.5 cm³/mol. The summed E-state index contributed by atoms with van der Waals surface area (Å²) in [5, 5.41) is 0. The van der Waals surface area contributed by atoms with E-state index in [1.54, 1.807) is 14.2 Å². The lowest BCUT2D eigenvalue weighted by Crippen LogP contribution is -2.43. The summed E-state index contributed by atoms with van der Waals surface area (Å²) in [4.78, 5) is 0. The van der Waals surface area contributed by atoms with Gasteiger partial charge in [0.2, 0.25) is 0 Å². The molecule has 0 aliphatic carbocycles. The number of benzene rings is 1. The Labute approximate surface area is 104 Å². The van der Waals surface area contributed by atoms with Gasteiger partial charge in [-0.05, 0) is 18.5 Å². The maximum atomic E-state index is 5.86. The van der Waals surface area contributed by atoms with Gasteiger partial charge in [0.1, 0.15) is 0 Å². The summed E-state index contributed by atoms with van der Waals surface area (Å²) in [6.45, 7) is 1.13. The average Bonchev–Trinajstić information content (AvgIpc) is 2.41. The van der Waals surface area contributed by atoms with Gasteiger partial charge in [-0.2, -0.15) is 0 Å². The van der Waals surface area contributed by atoms with Gasteiger partial charge < -0.3 is 19.0 Å². The van der Waals surface area contributed by atoms with Crippen LogP contribution in [0.15, 0.2) is 30.3 Å². The van der Waals surface area contributed by atoms with Gasteiger partial charge >= 0.3 is 8.80 Å². The number of hydrogen-bond acceptors (Lipinski definition) is 4. The van der Waals surface area contributed by atoms with Gasteiger partial charge in [0.25, 0.3) is 0 Å². The average molecular weight is 255 g/mol. The smallest absolute Gasteiger partial charge is 0.377 e. The topological polar surface area (TPSA) is 53.7 Å². The Morgan fingerprint density at radius 2 is 1.76 bits per heavy atom. The van der Waals surface area contributed by atoms with Gasteiger partial charge in [-0.3, -0.25) is 0 Å². The minimum atomic E-state index is -2.53. The molecule has 0 aliphatic rings. The normalized spacial score (nSPS) is 11.7. The lowest BCUT2D eigenvalue weighted by atomic mass is 10.2. The van der Waals surface area contributed by atoms with Gasteiger partial charge in [0.15, 0.2) is 0 Å². The van der Waals surface area contributed by atoms with Crippen molar-refractivity contribution in [1.82, 2.24) is 0 Å². The molecule has 0 aliphatic heterocycles. The predicted octanol–water partition coefficient (Wildman–Crippen LogP) is 1.78. The second-order valence-corrected chi connectivity index (χ2v) is 6.73. The van der Waals surface area contributed by atoms with Crippen LogP contribution in [0.4, 0.5) is 0 Å². The quantitative estimate of drug-likeness (QED) is 0.720. The Hall–Kier alpha value is -0.723. The van der Waals surface area contributed by atoms with Gasteiger partial charge in [-0.1, -0.05) is 30.3 Å². The van der Waals surface area contributed by atoms with E-state index in [1.165, 1.54) is 0 Å². The maximum Gasteiger partial charge on any atom is 0.500 e. The summed E-state index contributed by atoms with van der Waals surface area (Å²) in [5.74, 6) is 0. The third-order valence-corrected chi connectivity index (χ3v) is 5.40. The minimum absolute atomic E-state index is 0.513. The van der Waals surface area contributed by atoms with Crippen LogP contribution in [-0.2, 0) is 19.9 Å². The maximum absolute atomic E-state index is 5.86. The minimum Gasteiger partial charge on any atom is -0.377 e. The molecule has 1 aromatic carbocycles. The Bertz CT molecular complexity index is 304. The van der Waals surface area contributed by atoms with Crippen molar-refractivity contribution >= 4 is 8.80 Å². The van der Waals surface area contributed by atoms with E-state index in [-0.39, 0.29) is 0 Å². The summed E-state index contributed by atoms with van der Waals surface area (Å²) >= 11 is 0. The van der Waals surface area contributed by atoms with E-state index in [0.29, 0.717) is 13.2 Å². The Morgan fingerprint density at radius 1 is 1.12 bits per heavy atom. The highest BCUT2D eigenvalue weighted by molar-refractivity contribution is 6.60. The molecule has 1 rings (SSSR count). The van der Waals surface area contributed by atoms with Crippen molar-refractivity contribution in [2.75, 3.05) is 20.8 Å². The zero-order valence-corrected chi connectivity index (χ0v) is 11.5. The van der Waals surface area contributed by atoms with E-state index in [4.69, 9.17) is 19.0 Å². The van der Waals surface area contributed by atoms with E-state index in [9.17, 15) is 0 Å². The molecule has 4 nitrogen and oxygen atoms in total. The molecule has 0 bridgehead atoms. The molecule has 1 aromatic rings. The highest BCUT2D eigenvalue weighted by Gasteiger charge is 2.38. The van der Waals surface area contributed by atoms with Gasteiger partial charge in [0, 0.05) is 20.3 Å². The van der Waals surface area contributed by atoms with Crippen LogP contribution in [0.25, 0.3) is 0 Å². The molecule has 0 saturated heterocycles. The first-order chi connectivity index (χ1) is 8.26. The van der Waals surface area contributed by atoms with Crippen molar-refractivity contribution in [1.29, 1.82) is 0 Å². The van der Waals surface area contributed by atoms with Crippen molar-refractivity contribution in [3.63, 3.8) is 0 Å². The second kappa shape index (κ2) is 7.57. The lowest BCUT2D eigenvalue weighted by Gasteiger charge is -2.26. The van der Waals surface area contributed by atoms with Crippen LogP contribution >= 0.6 is 0 Å². The molecule has 0 saturated carbocycles. The van der Waals surface area contributed by atoms with E-state index in [2.05, 4.69) is 0 Å². The summed E-state index contributed by atoms with van der Waals surface area (Å²) in [5.41, 5.74) is 6.62. The van der Waals surface area contributed by atoms with Crippen molar-refractivity contribution in [3.8, 4) is 0 Å². The monoisotopic (exact) mass is 255 g/mol. The Kier molecular flexibility index (Phi) is 6.39. The zero-order chi connectivity index (χ0) is 12.6. The molecule has 17 heavy (non-hydrogen) atoms. The third kappa shape index (κ3) is 4.57. The van der Waals surface area contributed by atoms with Gasteiger partial charge in [0.05, 0.1) is 6.61 Å². The molecule has 0 radical (unpaired) electrons. The highest BCUT2D eigenvalue weighted by atomic mass is 28.4. The molecular formula is C12H21NO3Si. The van der Waals surface area contributed by atoms with Crippen LogP contribution in [0.5, 0.6) is 0 Å². The first-order valence-electron chi connectivity index (χ1n) is 5.74. The summed E-state index contributed by atoms with van der Waals surface area (Å²) in [6, 6.07) is 10.8. The second-order valence-electron chi connectivity index (χ2n) is 3.76. The summed E-state index contributed by atoms with van der Waals surface area (Å²) in [6.07, 6.45) is 0.850. The highest BCUT2D eigenvalue weighted by Crippen LogP contribution is 2.17. The van der Waals surface area contributed by atoms with Crippen LogP contribution in [0.3, 0.4) is 0 Å². The first-order valence-corrected chi connectivity index (χ1v) is 7.68. The molecule has 2 N–H and O–H groups in total. The van der Waals surface area contributed by atoms with Gasteiger partial charge in [-0.25, -0.2) is 0 Å². The fourth-order valence-corrected chi connectivity index (χ4v) is 3.54. The third-order valence-electron chi connectivity index (χ3n) is 2.61. The molecule has 0 unspecified atom stereocenters. The van der Waals surface area contributed by atoms with Crippen molar-refractivity contribution in [3.05, 3.63) is 35.9 Å². The van der Waals surface area contributed by atoms with Crippen molar-refractivity contribution in [2.24, 2.45) is 5.73 Å². The molecule has 0 amide bonds.